The Morgan fingerprint density at radius 1 is 1.26 bits per heavy atom. The highest BCUT2D eigenvalue weighted by Crippen LogP contribution is 2.43. The Labute approximate surface area is 135 Å². The highest BCUT2D eigenvalue weighted by atomic mass is 16.5. The van der Waals surface area contributed by atoms with Gasteiger partial charge in [-0.15, -0.1) is 0 Å². The lowest BCUT2D eigenvalue weighted by molar-refractivity contribution is -0.142. The number of aryl methyl sites for hydroxylation is 1. The second-order valence-corrected chi connectivity index (χ2v) is 6.85. The van der Waals surface area contributed by atoms with Gasteiger partial charge in [0, 0.05) is 38.8 Å². The number of carbonyl (C=O) groups is 1. The Hall–Kier alpha value is -1.47. The van der Waals surface area contributed by atoms with Crippen molar-refractivity contribution < 1.29 is 18.8 Å². The first kappa shape index (κ1) is 15.1. The van der Waals surface area contributed by atoms with Gasteiger partial charge in [0.2, 0.25) is 11.8 Å². The monoisotopic (exact) mass is 321 g/mol. The number of hydrogen-bond donors (Lipinski definition) is 0. The molecule has 1 aromatic rings. The van der Waals surface area contributed by atoms with Gasteiger partial charge in [-0.1, -0.05) is 5.16 Å². The standard InChI is InChI=1S/C16H23N3O4/c1-11-17-15(23-18-11)16-5-9-22-13(16)2-6-19(10-16)14(20)12-3-7-21-8-4-12/h12-13H,2-10H2,1H3/t13-,16-/m1/s1. The molecule has 4 rings (SSSR count). The maximum absolute atomic E-state index is 12.9. The van der Waals surface area contributed by atoms with Crippen molar-refractivity contribution in [2.75, 3.05) is 32.9 Å². The van der Waals surface area contributed by atoms with E-state index in [-0.39, 0.29) is 23.3 Å². The van der Waals surface area contributed by atoms with Crippen molar-refractivity contribution in [1.29, 1.82) is 0 Å². The van der Waals surface area contributed by atoms with Gasteiger partial charge >= 0.3 is 0 Å². The van der Waals surface area contributed by atoms with Crippen LogP contribution < -0.4 is 0 Å². The molecule has 126 valence electrons. The number of piperidine rings is 1. The van der Waals surface area contributed by atoms with Gasteiger partial charge in [-0.3, -0.25) is 4.79 Å². The molecule has 0 spiro atoms. The van der Waals surface area contributed by atoms with E-state index in [0.717, 1.165) is 32.2 Å². The van der Waals surface area contributed by atoms with Crippen LogP contribution in [-0.4, -0.2) is 60.0 Å². The molecular formula is C16H23N3O4. The molecule has 3 aliphatic heterocycles. The zero-order valence-electron chi connectivity index (χ0n) is 13.5. The largest absolute Gasteiger partial charge is 0.381 e. The normalized spacial score (nSPS) is 32.0. The average Bonchev–Trinajstić information content (AvgIpc) is 3.21. The van der Waals surface area contributed by atoms with Gasteiger partial charge in [0.05, 0.1) is 11.5 Å². The molecule has 0 N–H and O–H groups in total. The smallest absolute Gasteiger partial charge is 0.237 e. The molecule has 23 heavy (non-hydrogen) atoms. The molecule has 2 atom stereocenters. The summed E-state index contributed by atoms with van der Waals surface area (Å²) in [5, 5.41) is 3.95. The van der Waals surface area contributed by atoms with E-state index < -0.39 is 0 Å². The third kappa shape index (κ3) is 2.55. The zero-order valence-corrected chi connectivity index (χ0v) is 13.5. The van der Waals surface area contributed by atoms with Crippen molar-refractivity contribution in [3.63, 3.8) is 0 Å². The van der Waals surface area contributed by atoms with Crippen molar-refractivity contribution in [1.82, 2.24) is 15.0 Å². The van der Waals surface area contributed by atoms with Crippen LogP contribution in [0.5, 0.6) is 0 Å². The van der Waals surface area contributed by atoms with Crippen LogP contribution in [0.1, 0.15) is 37.4 Å². The molecule has 7 heteroatoms. The molecule has 0 radical (unpaired) electrons. The molecule has 1 aromatic heterocycles. The Morgan fingerprint density at radius 3 is 2.83 bits per heavy atom. The molecule has 0 aromatic carbocycles. The minimum absolute atomic E-state index is 0.0705. The Bertz CT molecular complexity index is 584. The number of amides is 1. The van der Waals surface area contributed by atoms with Crippen LogP contribution in [0, 0.1) is 12.8 Å². The van der Waals surface area contributed by atoms with E-state index in [4.69, 9.17) is 14.0 Å². The SMILES string of the molecule is Cc1noc([C@@]23CCO[C@@H]2CCN(C(=O)C2CCOCC2)C3)n1. The maximum atomic E-state index is 12.9. The number of ether oxygens (including phenoxy) is 2. The third-order valence-electron chi connectivity index (χ3n) is 5.45. The molecule has 0 unspecified atom stereocenters. The number of nitrogens with zero attached hydrogens (tertiary/aromatic N) is 3. The summed E-state index contributed by atoms with van der Waals surface area (Å²) in [5.74, 6) is 1.59. The lowest BCUT2D eigenvalue weighted by Gasteiger charge is -2.42. The van der Waals surface area contributed by atoms with Crippen LogP contribution >= 0.6 is 0 Å². The molecule has 7 nitrogen and oxygen atoms in total. The fourth-order valence-electron chi connectivity index (χ4n) is 4.14. The lowest BCUT2D eigenvalue weighted by atomic mass is 9.76. The molecule has 3 fully saturated rings. The third-order valence-corrected chi connectivity index (χ3v) is 5.45. The summed E-state index contributed by atoms with van der Waals surface area (Å²) in [6.07, 6.45) is 3.37. The summed E-state index contributed by atoms with van der Waals surface area (Å²) in [6, 6.07) is 0. The molecule has 1 amide bonds. The second-order valence-electron chi connectivity index (χ2n) is 6.85. The van der Waals surface area contributed by atoms with Crippen molar-refractivity contribution in [3.05, 3.63) is 11.7 Å². The molecule has 0 aliphatic carbocycles. The van der Waals surface area contributed by atoms with Gasteiger partial charge in [-0.05, 0) is 32.6 Å². The van der Waals surface area contributed by atoms with Gasteiger partial charge < -0.3 is 18.9 Å². The number of hydrogen-bond acceptors (Lipinski definition) is 6. The van der Waals surface area contributed by atoms with Crippen molar-refractivity contribution in [2.45, 2.75) is 44.1 Å². The van der Waals surface area contributed by atoms with E-state index in [9.17, 15) is 4.79 Å². The predicted molar refractivity (Wildman–Crippen MR) is 79.8 cm³/mol. The Morgan fingerprint density at radius 2 is 2.09 bits per heavy atom. The van der Waals surface area contributed by atoms with Crippen LogP contribution in [0.2, 0.25) is 0 Å². The van der Waals surface area contributed by atoms with E-state index in [1.165, 1.54) is 0 Å². The van der Waals surface area contributed by atoms with Crippen molar-refractivity contribution in [3.8, 4) is 0 Å². The Kier molecular flexibility index (Phi) is 3.85. The molecule has 4 heterocycles. The Balaban J connectivity index is 1.57. The number of carbonyl (C=O) groups excluding carboxylic acids is 1. The molecule has 0 bridgehead atoms. The van der Waals surface area contributed by atoms with Crippen LogP contribution in [0.15, 0.2) is 4.52 Å². The molecular weight excluding hydrogens is 298 g/mol. The summed E-state index contributed by atoms with van der Waals surface area (Å²) in [7, 11) is 0. The van der Waals surface area contributed by atoms with Crippen LogP contribution in [0.3, 0.4) is 0 Å². The van der Waals surface area contributed by atoms with E-state index >= 15 is 0 Å². The van der Waals surface area contributed by atoms with Crippen LogP contribution in [0.25, 0.3) is 0 Å². The highest BCUT2D eigenvalue weighted by molar-refractivity contribution is 5.79. The van der Waals surface area contributed by atoms with E-state index in [2.05, 4.69) is 10.1 Å². The minimum atomic E-state index is -0.333. The average molecular weight is 321 g/mol. The summed E-state index contributed by atoms with van der Waals surface area (Å²) >= 11 is 0. The minimum Gasteiger partial charge on any atom is -0.381 e. The highest BCUT2D eigenvalue weighted by Gasteiger charge is 2.54. The van der Waals surface area contributed by atoms with Crippen LogP contribution in [0.4, 0.5) is 0 Å². The quantitative estimate of drug-likeness (QED) is 0.811. The van der Waals surface area contributed by atoms with Gasteiger partial charge in [0.15, 0.2) is 5.82 Å². The van der Waals surface area contributed by atoms with E-state index in [1.54, 1.807) is 0 Å². The first-order valence-electron chi connectivity index (χ1n) is 8.48. The van der Waals surface area contributed by atoms with E-state index in [1.807, 2.05) is 11.8 Å². The summed E-state index contributed by atoms with van der Waals surface area (Å²) in [6.45, 7) is 5.24. The molecule has 3 aliphatic rings. The number of aromatic nitrogens is 2. The molecule has 0 saturated carbocycles. The van der Waals surface area contributed by atoms with Crippen LogP contribution in [-0.2, 0) is 19.7 Å². The lowest BCUT2D eigenvalue weighted by Crippen LogP contribution is -2.55. The number of rotatable bonds is 2. The van der Waals surface area contributed by atoms with Gasteiger partial charge in [-0.25, -0.2) is 0 Å². The second kappa shape index (κ2) is 5.87. The fraction of sp³-hybridized carbons (Fsp3) is 0.812. The summed E-state index contributed by atoms with van der Waals surface area (Å²) < 4.78 is 16.8. The van der Waals surface area contributed by atoms with Crippen molar-refractivity contribution in [2.24, 2.45) is 5.92 Å². The number of fused-ring (bicyclic) bond motifs is 1. The van der Waals surface area contributed by atoms with Gasteiger partial charge in [-0.2, -0.15) is 4.98 Å². The molecule has 3 saturated heterocycles. The topological polar surface area (TPSA) is 77.7 Å². The summed E-state index contributed by atoms with van der Waals surface area (Å²) in [5.41, 5.74) is -0.333. The number of likely N-dealkylation sites (tertiary alicyclic amines) is 1. The van der Waals surface area contributed by atoms with Gasteiger partial charge in [0.25, 0.3) is 0 Å². The predicted octanol–water partition coefficient (Wildman–Crippen LogP) is 1.06. The first-order chi connectivity index (χ1) is 11.2. The maximum Gasteiger partial charge on any atom is 0.237 e. The van der Waals surface area contributed by atoms with Gasteiger partial charge in [0.1, 0.15) is 0 Å². The van der Waals surface area contributed by atoms with Crippen molar-refractivity contribution >= 4 is 5.91 Å². The zero-order chi connectivity index (χ0) is 15.9. The van der Waals surface area contributed by atoms with E-state index in [0.29, 0.717) is 38.1 Å². The first-order valence-corrected chi connectivity index (χ1v) is 8.48. The fourth-order valence-corrected chi connectivity index (χ4v) is 4.14. The summed E-state index contributed by atoms with van der Waals surface area (Å²) in [4.78, 5) is 19.3.